The van der Waals surface area contributed by atoms with E-state index in [1.165, 1.54) is 36.9 Å². The molecule has 0 bridgehead atoms. The molecule has 1 aromatic carbocycles. The number of carboxylic acids is 1. The van der Waals surface area contributed by atoms with Gasteiger partial charge in [-0.1, -0.05) is 19.3 Å². The highest BCUT2D eigenvalue weighted by molar-refractivity contribution is 6.22. The number of fused-ring (bicyclic) bond motifs is 1. The van der Waals surface area contributed by atoms with Crippen LogP contribution in [0.2, 0.25) is 0 Å². The van der Waals surface area contributed by atoms with Crippen LogP contribution in [0.1, 0.15) is 77.0 Å². The number of rotatable bonds is 4. The monoisotopic (exact) mass is 358 g/mol. The van der Waals surface area contributed by atoms with Gasteiger partial charge in [0.25, 0.3) is 17.7 Å². The zero-order chi connectivity index (χ0) is 19.1. The average molecular weight is 358 g/mol. The molecule has 0 spiro atoms. The Morgan fingerprint density at radius 1 is 1.08 bits per heavy atom. The van der Waals surface area contributed by atoms with Crippen LogP contribution in [0.4, 0.5) is 0 Å². The molecule has 138 valence electrons. The van der Waals surface area contributed by atoms with E-state index in [-0.39, 0.29) is 29.0 Å². The lowest BCUT2D eigenvalue weighted by Gasteiger charge is -2.29. The number of carboxylic acid groups (broad SMARTS) is 1. The van der Waals surface area contributed by atoms with Gasteiger partial charge in [-0.05, 0) is 44.9 Å². The fourth-order valence-corrected chi connectivity index (χ4v) is 3.48. The number of amides is 3. The lowest BCUT2D eigenvalue weighted by atomic mass is 9.94. The highest BCUT2D eigenvalue weighted by Crippen LogP contribution is 2.31. The molecule has 1 heterocycles. The molecule has 0 unspecified atom stereocenters. The first-order chi connectivity index (χ1) is 12.2. The number of imide groups is 1. The first kappa shape index (κ1) is 18.1. The molecule has 3 amide bonds. The minimum Gasteiger partial charge on any atom is -0.480 e. The fraction of sp³-hybridized carbons (Fsp3) is 0.474. The first-order valence-electron chi connectivity index (χ1n) is 8.80. The molecule has 0 aromatic heterocycles. The van der Waals surface area contributed by atoms with Gasteiger partial charge in [-0.25, -0.2) is 4.79 Å². The van der Waals surface area contributed by atoms with Crippen molar-refractivity contribution in [1.29, 1.82) is 0 Å². The van der Waals surface area contributed by atoms with Crippen LogP contribution >= 0.6 is 0 Å². The second-order valence-corrected chi connectivity index (χ2v) is 7.42. The summed E-state index contributed by atoms with van der Waals surface area (Å²) < 4.78 is 0. The zero-order valence-electron chi connectivity index (χ0n) is 14.9. The zero-order valence-corrected chi connectivity index (χ0v) is 14.9. The van der Waals surface area contributed by atoms with Crippen LogP contribution in [0, 0.1) is 0 Å². The van der Waals surface area contributed by atoms with Crippen molar-refractivity contribution in [3.05, 3.63) is 34.9 Å². The van der Waals surface area contributed by atoms with E-state index in [9.17, 15) is 19.2 Å². The predicted octanol–water partition coefficient (Wildman–Crippen LogP) is 2.21. The third-order valence-electron chi connectivity index (χ3n) is 5.08. The summed E-state index contributed by atoms with van der Waals surface area (Å²) in [6, 6.07) is 4.22. The summed E-state index contributed by atoms with van der Waals surface area (Å²) in [6.45, 7) is 2.75. The minimum absolute atomic E-state index is 0.0839. The van der Waals surface area contributed by atoms with Crippen molar-refractivity contribution in [3.8, 4) is 0 Å². The van der Waals surface area contributed by atoms with E-state index in [1.54, 1.807) is 0 Å². The smallest absolute Gasteiger partial charge is 0.328 e. The fourth-order valence-electron chi connectivity index (χ4n) is 3.48. The molecule has 1 aromatic rings. The van der Waals surface area contributed by atoms with Crippen molar-refractivity contribution in [1.82, 2.24) is 10.2 Å². The largest absolute Gasteiger partial charge is 0.480 e. The number of aliphatic carboxylic acids is 1. The number of nitrogens with zero attached hydrogens (tertiary/aromatic N) is 1. The molecule has 26 heavy (non-hydrogen) atoms. The molecule has 0 atom stereocenters. The second-order valence-electron chi connectivity index (χ2n) is 7.42. The molecule has 2 aliphatic rings. The van der Waals surface area contributed by atoms with E-state index < -0.39 is 17.4 Å². The molecule has 7 nitrogen and oxygen atoms in total. The number of benzene rings is 1. The molecule has 0 radical (unpaired) electrons. The Kier molecular flexibility index (Phi) is 4.56. The topological polar surface area (TPSA) is 104 Å². The van der Waals surface area contributed by atoms with E-state index in [2.05, 4.69) is 5.32 Å². The Hall–Kier alpha value is -2.70. The van der Waals surface area contributed by atoms with Crippen molar-refractivity contribution < 1.29 is 24.3 Å². The van der Waals surface area contributed by atoms with Crippen molar-refractivity contribution in [2.24, 2.45) is 0 Å². The molecule has 1 aliphatic heterocycles. The standard InChI is InChI=1S/C19H22N2O5/c1-19(2,18(25)26)20-15(22)11-8-9-13-14(10-11)17(24)21(16(13)23)12-6-4-3-5-7-12/h8-10,12H,3-7H2,1-2H3,(H,20,22)(H,25,26). The van der Waals surface area contributed by atoms with E-state index in [0.717, 1.165) is 32.1 Å². The van der Waals surface area contributed by atoms with E-state index in [4.69, 9.17) is 5.11 Å². The summed E-state index contributed by atoms with van der Waals surface area (Å²) in [6.07, 6.45) is 4.73. The minimum atomic E-state index is -1.44. The van der Waals surface area contributed by atoms with Gasteiger partial charge >= 0.3 is 5.97 Å². The highest BCUT2D eigenvalue weighted by Gasteiger charge is 2.40. The van der Waals surface area contributed by atoms with Crippen LogP contribution in [0.25, 0.3) is 0 Å². The number of nitrogens with one attached hydrogen (secondary N) is 1. The Morgan fingerprint density at radius 3 is 2.31 bits per heavy atom. The van der Waals surface area contributed by atoms with Gasteiger partial charge in [0.05, 0.1) is 11.1 Å². The van der Waals surface area contributed by atoms with Crippen LogP contribution < -0.4 is 5.32 Å². The van der Waals surface area contributed by atoms with Gasteiger partial charge in [-0.2, -0.15) is 0 Å². The molecule has 2 N–H and O–H groups in total. The van der Waals surface area contributed by atoms with Crippen molar-refractivity contribution in [2.75, 3.05) is 0 Å². The molecular weight excluding hydrogens is 336 g/mol. The second kappa shape index (κ2) is 6.55. The van der Waals surface area contributed by atoms with E-state index in [0.29, 0.717) is 5.56 Å². The third-order valence-corrected chi connectivity index (χ3v) is 5.08. The summed E-state index contributed by atoms with van der Waals surface area (Å²) in [4.78, 5) is 50.2. The van der Waals surface area contributed by atoms with Gasteiger partial charge < -0.3 is 10.4 Å². The van der Waals surface area contributed by atoms with Crippen LogP contribution in [-0.2, 0) is 4.79 Å². The summed E-state index contributed by atoms with van der Waals surface area (Å²) in [7, 11) is 0. The van der Waals surface area contributed by atoms with Gasteiger partial charge in [0, 0.05) is 11.6 Å². The van der Waals surface area contributed by atoms with Crippen LogP contribution in [0.3, 0.4) is 0 Å². The van der Waals surface area contributed by atoms with Gasteiger partial charge in [0.15, 0.2) is 0 Å². The van der Waals surface area contributed by atoms with Gasteiger partial charge in [0.2, 0.25) is 0 Å². The average Bonchev–Trinajstić information content (AvgIpc) is 2.85. The molecule has 0 saturated heterocycles. The molecular formula is C19H22N2O5. The lowest BCUT2D eigenvalue weighted by Crippen LogP contribution is -2.49. The Bertz CT molecular complexity index is 793. The Balaban J connectivity index is 1.85. The normalized spacial score (nSPS) is 18.0. The Morgan fingerprint density at radius 2 is 1.69 bits per heavy atom. The highest BCUT2D eigenvalue weighted by atomic mass is 16.4. The Labute approximate surface area is 151 Å². The molecule has 1 fully saturated rings. The maximum Gasteiger partial charge on any atom is 0.328 e. The number of carbonyl (C=O) groups excluding carboxylic acids is 3. The van der Waals surface area contributed by atoms with Crippen LogP contribution in [-0.4, -0.2) is 45.3 Å². The third kappa shape index (κ3) is 3.09. The SMILES string of the molecule is CC(C)(NC(=O)c1ccc2c(c1)C(=O)N(C1CCCCC1)C2=O)C(=O)O. The summed E-state index contributed by atoms with van der Waals surface area (Å²) >= 11 is 0. The van der Waals surface area contributed by atoms with Gasteiger partial charge in [-0.15, -0.1) is 0 Å². The maximum atomic E-state index is 12.8. The molecule has 1 saturated carbocycles. The number of carbonyl (C=O) groups is 4. The van der Waals surface area contributed by atoms with Crippen molar-refractivity contribution in [3.63, 3.8) is 0 Å². The van der Waals surface area contributed by atoms with E-state index in [1.807, 2.05) is 0 Å². The van der Waals surface area contributed by atoms with Gasteiger partial charge in [-0.3, -0.25) is 19.3 Å². The van der Waals surface area contributed by atoms with Crippen molar-refractivity contribution >= 4 is 23.7 Å². The van der Waals surface area contributed by atoms with Crippen LogP contribution in [0.5, 0.6) is 0 Å². The molecule has 1 aliphatic carbocycles. The van der Waals surface area contributed by atoms with Crippen molar-refractivity contribution in [2.45, 2.75) is 57.5 Å². The predicted molar refractivity (Wildman–Crippen MR) is 93.0 cm³/mol. The number of hydrogen-bond acceptors (Lipinski definition) is 4. The summed E-state index contributed by atoms with van der Waals surface area (Å²) in [5, 5.41) is 11.5. The lowest BCUT2D eigenvalue weighted by molar-refractivity contribution is -0.143. The van der Waals surface area contributed by atoms with Crippen LogP contribution in [0.15, 0.2) is 18.2 Å². The van der Waals surface area contributed by atoms with E-state index >= 15 is 0 Å². The maximum absolute atomic E-state index is 12.8. The summed E-state index contributed by atoms with van der Waals surface area (Å²) in [5.74, 6) is -2.45. The first-order valence-corrected chi connectivity index (χ1v) is 8.80. The summed E-state index contributed by atoms with van der Waals surface area (Å²) in [5.41, 5.74) is -0.773. The molecule has 7 heteroatoms. The van der Waals surface area contributed by atoms with Gasteiger partial charge in [0.1, 0.15) is 5.54 Å². The molecule has 3 rings (SSSR count). The number of hydrogen-bond donors (Lipinski definition) is 2. The quantitative estimate of drug-likeness (QED) is 0.803.